The smallest absolute Gasteiger partial charge is 0.171 e. The number of rotatable bonds is 3. The van der Waals surface area contributed by atoms with Crippen LogP contribution in [-0.4, -0.2) is 64.5 Å². The largest absolute Gasteiger partial charge is 0.488 e. The molecule has 2 aliphatic heterocycles. The minimum Gasteiger partial charge on any atom is -0.488 e. The zero-order valence-corrected chi connectivity index (χ0v) is 18.5. The molecule has 168 valence electrons. The molecule has 0 spiro atoms. The summed E-state index contributed by atoms with van der Waals surface area (Å²) in [7, 11) is 2.03. The van der Waals surface area contributed by atoms with Gasteiger partial charge in [-0.2, -0.15) is 5.10 Å². The van der Waals surface area contributed by atoms with E-state index in [0.29, 0.717) is 6.61 Å². The van der Waals surface area contributed by atoms with Crippen LogP contribution in [0.25, 0.3) is 33.4 Å². The summed E-state index contributed by atoms with van der Waals surface area (Å²) in [6.07, 6.45) is 7.41. The molecule has 3 N–H and O–H groups in total. The van der Waals surface area contributed by atoms with Crippen LogP contribution in [0, 0.1) is 0 Å². The number of nitrogens with zero attached hydrogens (tertiary/aromatic N) is 6. The molecule has 1 fully saturated rings. The van der Waals surface area contributed by atoms with E-state index < -0.39 is 0 Å². The van der Waals surface area contributed by atoms with Crippen molar-refractivity contribution < 1.29 is 4.74 Å². The minimum atomic E-state index is 0.273. The lowest BCUT2D eigenvalue weighted by Gasteiger charge is -2.30. The maximum atomic E-state index is 6.06. The summed E-state index contributed by atoms with van der Waals surface area (Å²) in [5, 5.41) is 8.69. The van der Waals surface area contributed by atoms with Crippen LogP contribution in [-0.2, 0) is 0 Å². The van der Waals surface area contributed by atoms with Crippen molar-refractivity contribution in [1.82, 2.24) is 25.1 Å². The van der Waals surface area contributed by atoms with Crippen molar-refractivity contribution in [2.24, 2.45) is 5.73 Å². The van der Waals surface area contributed by atoms with E-state index >= 15 is 0 Å². The fourth-order valence-corrected chi connectivity index (χ4v) is 4.53. The summed E-state index contributed by atoms with van der Waals surface area (Å²) in [5.41, 5.74) is 10.6. The van der Waals surface area contributed by atoms with Gasteiger partial charge in [0.2, 0.25) is 0 Å². The third-order valence-electron chi connectivity index (χ3n) is 6.50. The van der Waals surface area contributed by atoms with E-state index in [2.05, 4.69) is 48.2 Å². The number of piperidine rings is 1. The first-order valence-electron chi connectivity index (χ1n) is 11.3. The lowest BCUT2D eigenvalue weighted by molar-refractivity contribution is 0.309. The van der Waals surface area contributed by atoms with Crippen LogP contribution < -0.4 is 20.3 Å². The Morgan fingerprint density at radius 1 is 1.06 bits per heavy atom. The molecule has 2 aliphatic rings. The fraction of sp³-hybridized carbons (Fsp3) is 0.333. The molecule has 0 amide bonds. The Labute approximate surface area is 191 Å². The van der Waals surface area contributed by atoms with Crippen LogP contribution in [0.1, 0.15) is 12.8 Å². The van der Waals surface area contributed by atoms with Gasteiger partial charge < -0.3 is 20.3 Å². The average molecular weight is 443 g/mol. The molecule has 0 radical (unpaired) electrons. The van der Waals surface area contributed by atoms with E-state index in [1.54, 1.807) is 6.20 Å². The summed E-state index contributed by atoms with van der Waals surface area (Å²) in [6, 6.07) is 8.56. The summed E-state index contributed by atoms with van der Waals surface area (Å²) in [4.78, 5) is 18.3. The number of aromatic amines is 1. The van der Waals surface area contributed by atoms with Gasteiger partial charge in [-0.25, -0.2) is 9.97 Å². The van der Waals surface area contributed by atoms with E-state index in [1.807, 2.05) is 25.5 Å². The van der Waals surface area contributed by atoms with Crippen LogP contribution in [0.3, 0.4) is 0 Å². The Morgan fingerprint density at radius 2 is 1.94 bits per heavy atom. The van der Waals surface area contributed by atoms with E-state index in [4.69, 9.17) is 15.5 Å². The van der Waals surface area contributed by atoms with Crippen LogP contribution >= 0.6 is 0 Å². The highest BCUT2D eigenvalue weighted by Crippen LogP contribution is 2.35. The van der Waals surface area contributed by atoms with E-state index in [1.165, 1.54) is 0 Å². The Balaban J connectivity index is 1.36. The van der Waals surface area contributed by atoms with Gasteiger partial charge in [-0.3, -0.25) is 10.1 Å². The van der Waals surface area contributed by atoms with Crippen molar-refractivity contribution in [3.63, 3.8) is 0 Å². The number of aromatic nitrogens is 5. The van der Waals surface area contributed by atoms with Crippen molar-refractivity contribution in [3.05, 3.63) is 42.9 Å². The Morgan fingerprint density at radius 3 is 2.82 bits per heavy atom. The summed E-state index contributed by atoms with van der Waals surface area (Å²) < 4.78 is 5.85. The van der Waals surface area contributed by atoms with Crippen molar-refractivity contribution in [1.29, 1.82) is 0 Å². The van der Waals surface area contributed by atoms with Gasteiger partial charge in [0, 0.05) is 43.3 Å². The van der Waals surface area contributed by atoms with Gasteiger partial charge in [0.05, 0.1) is 24.5 Å². The molecule has 9 heteroatoms. The second-order valence-electron chi connectivity index (χ2n) is 8.74. The highest BCUT2D eigenvalue weighted by molar-refractivity contribution is 5.95. The number of nitrogens with one attached hydrogen (secondary N) is 1. The minimum absolute atomic E-state index is 0.273. The standard InChI is InChI=1S/C24H26N8O/c1-31-8-9-33-21-11-16(12-27-24(21)31)15-2-3-19-18(10-15)23(30-29-19)20-13-26-14-22(28-20)32-6-4-17(25)5-7-32/h2-3,10-14,17H,4-9,25H2,1H3,(H,29,30). The average Bonchev–Trinajstić information content (AvgIpc) is 3.28. The second-order valence-corrected chi connectivity index (χ2v) is 8.74. The van der Waals surface area contributed by atoms with Gasteiger partial charge in [0.15, 0.2) is 11.6 Å². The summed E-state index contributed by atoms with van der Waals surface area (Å²) in [6.45, 7) is 3.30. The zero-order chi connectivity index (χ0) is 22.4. The number of hydrogen-bond acceptors (Lipinski definition) is 8. The molecule has 4 aromatic rings. The van der Waals surface area contributed by atoms with Crippen LogP contribution in [0.4, 0.5) is 11.6 Å². The predicted octanol–water partition coefficient (Wildman–Crippen LogP) is 2.84. The number of ether oxygens (including phenoxy) is 1. The van der Waals surface area contributed by atoms with E-state index in [0.717, 1.165) is 83.3 Å². The van der Waals surface area contributed by atoms with Gasteiger partial charge in [-0.05, 0) is 36.6 Å². The third-order valence-corrected chi connectivity index (χ3v) is 6.50. The van der Waals surface area contributed by atoms with Gasteiger partial charge >= 0.3 is 0 Å². The topological polar surface area (TPSA) is 109 Å². The molecule has 0 aliphatic carbocycles. The lowest BCUT2D eigenvalue weighted by Crippen LogP contribution is -2.40. The maximum Gasteiger partial charge on any atom is 0.171 e. The molecule has 6 rings (SSSR count). The SMILES string of the molecule is CN1CCOc2cc(-c3ccc4[nH]nc(-c5cncc(N6CCC(N)CC6)n5)c4c3)cnc21. The first-order valence-corrected chi connectivity index (χ1v) is 11.3. The highest BCUT2D eigenvalue weighted by Gasteiger charge is 2.20. The Kier molecular flexibility index (Phi) is 4.83. The van der Waals surface area contributed by atoms with Gasteiger partial charge in [-0.1, -0.05) is 6.07 Å². The summed E-state index contributed by atoms with van der Waals surface area (Å²) >= 11 is 0. The molecule has 0 atom stereocenters. The number of pyridine rings is 1. The van der Waals surface area contributed by atoms with Crippen molar-refractivity contribution in [2.45, 2.75) is 18.9 Å². The highest BCUT2D eigenvalue weighted by atomic mass is 16.5. The third kappa shape index (κ3) is 3.64. The number of likely N-dealkylation sites (N-methyl/N-ethyl adjacent to an activating group) is 1. The second kappa shape index (κ2) is 8.00. The Bertz CT molecular complexity index is 1310. The molecule has 1 saturated heterocycles. The fourth-order valence-electron chi connectivity index (χ4n) is 4.53. The van der Waals surface area contributed by atoms with E-state index in [-0.39, 0.29) is 6.04 Å². The molecular formula is C24H26N8O. The quantitative estimate of drug-likeness (QED) is 0.499. The number of fused-ring (bicyclic) bond motifs is 2. The van der Waals surface area contributed by atoms with Gasteiger partial charge in [0.1, 0.15) is 23.8 Å². The molecule has 33 heavy (non-hydrogen) atoms. The number of anilines is 2. The van der Waals surface area contributed by atoms with Crippen molar-refractivity contribution in [2.75, 3.05) is 43.1 Å². The van der Waals surface area contributed by atoms with Gasteiger partial charge in [0.25, 0.3) is 0 Å². The molecule has 9 nitrogen and oxygen atoms in total. The molecule has 0 saturated carbocycles. The van der Waals surface area contributed by atoms with E-state index in [9.17, 15) is 0 Å². The molecule has 5 heterocycles. The van der Waals surface area contributed by atoms with Crippen LogP contribution in [0.2, 0.25) is 0 Å². The molecular weight excluding hydrogens is 416 g/mol. The van der Waals surface area contributed by atoms with Crippen LogP contribution in [0.5, 0.6) is 5.75 Å². The van der Waals surface area contributed by atoms with Crippen molar-refractivity contribution >= 4 is 22.5 Å². The predicted molar refractivity (Wildman–Crippen MR) is 129 cm³/mol. The maximum absolute atomic E-state index is 6.06. The number of nitrogens with two attached hydrogens (primary N) is 1. The van der Waals surface area contributed by atoms with Gasteiger partial charge in [-0.15, -0.1) is 0 Å². The molecule has 1 aromatic carbocycles. The Hall–Kier alpha value is -3.72. The van der Waals surface area contributed by atoms with Crippen molar-refractivity contribution in [3.8, 4) is 28.3 Å². The first kappa shape index (κ1) is 19.9. The van der Waals surface area contributed by atoms with Crippen LogP contribution in [0.15, 0.2) is 42.9 Å². The monoisotopic (exact) mass is 442 g/mol. The first-order chi connectivity index (χ1) is 16.2. The molecule has 3 aromatic heterocycles. The normalized spacial score (nSPS) is 16.7. The number of hydrogen-bond donors (Lipinski definition) is 2. The molecule has 0 bridgehead atoms. The summed E-state index contributed by atoms with van der Waals surface area (Å²) in [5.74, 6) is 2.56. The zero-order valence-electron chi connectivity index (χ0n) is 18.5. The molecule has 0 unspecified atom stereocenters. The number of H-pyrrole nitrogens is 1. The number of benzene rings is 1. The lowest BCUT2D eigenvalue weighted by atomic mass is 10.0.